The van der Waals surface area contributed by atoms with Crippen LogP contribution in [0.5, 0.6) is 11.6 Å². The summed E-state index contributed by atoms with van der Waals surface area (Å²) < 4.78 is 13.5. The maximum Gasteiger partial charge on any atom is 0.270 e. The van der Waals surface area contributed by atoms with Gasteiger partial charge in [0.15, 0.2) is 0 Å². The molecule has 0 saturated carbocycles. The minimum absolute atomic E-state index is 0.263. The summed E-state index contributed by atoms with van der Waals surface area (Å²) in [4.78, 5) is 0. The van der Waals surface area contributed by atoms with Gasteiger partial charge >= 0.3 is 0 Å². The Kier molecular flexibility index (Phi) is 3.07. The monoisotopic (exact) mass is 296 g/mol. The fourth-order valence-corrected chi connectivity index (χ4v) is 2.50. The molecule has 1 heterocycles. The van der Waals surface area contributed by atoms with Gasteiger partial charge in [0.25, 0.3) is 5.88 Å². The average molecular weight is 297 g/mol. The van der Waals surface area contributed by atoms with E-state index in [4.69, 9.17) is 27.9 Å². The minimum atomic E-state index is 0.263. The smallest absolute Gasteiger partial charge is 0.270 e. The van der Waals surface area contributed by atoms with Crippen molar-refractivity contribution in [2.75, 3.05) is 0 Å². The third kappa shape index (κ3) is 2.03. The Bertz CT molecular complexity index is 714. The van der Waals surface area contributed by atoms with Crippen LogP contribution in [-0.4, -0.2) is 8.75 Å². The molecule has 3 nitrogen and oxygen atoms in total. The number of ether oxygens (including phenoxy) is 1. The molecule has 0 saturated heterocycles. The van der Waals surface area contributed by atoms with Crippen molar-refractivity contribution in [1.29, 1.82) is 0 Å². The summed E-state index contributed by atoms with van der Waals surface area (Å²) in [6.45, 7) is 0. The molecule has 0 amide bonds. The number of aromatic nitrogens is 2. The average Bonchev–Trinajstić information content (AvgIpc) is 2.79. The topological polar surface area (TPSA) is 35.0 Å². The lowest BCUT2D eigenvalue weighted by molar-refractivity contribution is 0.473. The largest absolute Gasteiger partial charge is 0.435 e. The highest BCUT2D eigenvalue weighted by molar-refractivity contribution is 6.99. The summed E-state index contributed by atoms with van der Waals surface area (Å²) in [5.74, 6) is 0.971. The predicted molar refractivity (Wildman–Crippen MR) is 74.0 cm³/mol. The lowest BCUT2D eigenvalue weighted by atomic mass is 10.1. The zero-order valence-electron chi connectivity index (χ0n) is 8.93. The molecule has 0 atom stereocenters. The summed E-state index contributed by atoms with van der Waals surface area (Å²) in [6, 6.07) is 11.3. The number of nitrogens with zero attached hydrogens (tertiary/aromatic N) is 2. The van der Waals surface area contributed by atoms with Crippen LogP contribution in [0.15, 0.2) is 36.4 Å². The molecule has 18 heavy (non-hydrogen) atoms. The molecule has 0 radical (unpaired) electrons. The normalized spacial score (nSPS) is 10.8. The molecule has 3 aromatic rings. The highest BCUT2D eigenvalue weighted by Crippen LogP contribution is 2.35. The van der Waals surface area contributed by atoms with Gasteiger partial charge in [0.05, 0.1) is 11.7 Å². The third-order valence-corrected chi connectivity index (χ3v) is 3.65. The number of hydrogen-bond donors (Lipinski definition) is 0. The van der Waals surface area contributed by atoms with Gasteiger partial charge < -0.3 is 4.74 Å². The molecule has 0 aliphatic rings. The molecule has 0 unspecified atom stereocenters. The Labute approximate surface area is 117 Å². The van der Waals surface area contributed by atoms with Gasteiger partial charge in [0.1, 0.15) is 5.75 Å². The maximum atomic E-state index is 6.13. The highest BCUT2D eigenvalue weighted by atomic mass is 35.5. The predicted octanol–water partition coefficient (Wildman–Crippen LogP) is 4.79. The van der Waals surface area contributed by atoms with Gasteiger partial charge in [-0.15, -0.1) is 4.37 Å². The van der Waals surface area contributed by atoms with Crippen LogP contribution in [0.2, 0.25) is 10.2 Å². The van der Waals surface area contributed by atoms with Crippen molar-refractivity contribution in [1.82, 2.24) is 8.75 Å². The van der Waals surface area contributed by atoms with Crippen molar-refractivity contribution >= 4 is 45.7 Å². The molecule has 1 aromatic heterocycles. The van der Waals surface area contributed by atoms with Gasteiger partial charge in [0.2, 0.25) is 5.15 Å². The van der Waals surface area contributed by atoms with Crippen molar-refractivity contribution in [2.45, 2.75) is 0 Å². The van der Waals surface area contributed by atoms with Gasteiger partial charge in [0, 0.05) is 15.8 Å². The molecule has 6 heteroatoms. The number of benzene rings is 2. The Hall–Kier alpha value is -1.36. The first-order valence-electron chi connectivity index (χ1n) is 5.09. The molecule has 0 bridgehead atoms. The fourth-order valence-electron chi connectivity index (χ4n) is 1.66. The van der Waals surface area contributed by atoms with E-state index < -0.39 is 0 Å². The summed E-state index contributed by atoms with van der Waals surface area (Å²) >= 11 is 13.0. The summed E-state index contributed by atoms with van der Waals surface area (Å²) in [5, 5.41) is 2.78. The van der Waals surface area contributed by atoms with E-state index in [1.165, 1.54) is 0 Å². The number of rotatable bonds is 2. The van der Waals surface area contributed by atoms with Crippen LogP contribution < -0.4 is 4.74 Å². The first kappa shape index (κ1) is 11.7. The van der Waals surface area contributed by atoms with Crippen molar-refractivity contribution in [3.8, 4) is 11.6 Å². The number of fused-ring (bicyclic) bond motifs is 1. The molecule has 0 fully saturated rings. The van der Waals surface area contributed by atoms with Crippen LogP contribution >= 0.6 is 34.9 Å². The lowest BCUT2D eigenvalue weighted by Gasteiger charge is -2.07. The quantitative estimate of drug-likeness (QED) is 0.682. The zero-order chi connectivity index (χ0) is 12.5. The van der Waals surface area contributed by atoms with E-state index in [1.54, 1.807) is 12.1 Å². The Morgan fingerprint density at radius 3 is 2.44 bits per heavy atom. The van der Waals surface area contributed by atoms with Gasteiger partial charge in [-0.2, -0.15) is 4.37 Å². The van der Waals surface area contributed by atoms with Crippen molar-refractivity contribution in [2.24, 2.45) is 0 Å². The summed E-state index contributed by atoms with van der Waals surface area (Å²) in [7, 11) is 0. The minimum Gasteiger partial charge on any atom is -0.435 e. The van der Waals surface area contributed by atoms with Gasteiger partial charge in [-0.1, -0.05) is 47.5 Å². The zero-order valence-corrected chi connectivity index (χ0v) is 11.3. The second-order valence-corrected chi connectivity index (χ2v) is 4.85. The first-order valence-corrected chi connectivity index (χ1v) is 6.57. The van der Waals surface area contributed by atoms with E-state index in [9.17, 15) is 0 Å². The van der Waals surface area contributed by atoms with E-state index in [-0.39, 0.29) is 5.15 Å². The highest BCUT2D eigenvalue weighted by Gasteiger charge is 2.11. The van der Waals surface area contributed by atoms with Crippen LogP contribution in [0.25, 0.3) is 10.8 Å². The molecule has 0 aliphatic heterocycles. The van der Waals surface area contributed by atoms with Crippen LogP contribution in [0.4, 0.5) is 0 Å². The standard InChI is InChI=1S/C12H6Cl2N2OS/c13-9-5-6-10(8-4-2-1-3-7(8)9)17-12-11(14)15-18-16-12/h1-6H. The first-order chi connectivity index (χ1) is 8.75. The molecular formula is C12H6Cl2N2OS. The second-order valence-electron chi connectivity index (χ2n) is 3.55. The fraction of sp³-hybridized carbons (Fsp3) is 0. The van der Waals surface area contributed by atoms with Crippen molar-refractivity contribution in [3.05, 3.63) is 46.6 Å². The number of halogens is 2. The van der Waals surface area contributed by atoms with E-state index in [1.807, 2.05) is 24.3 Å². The van der Waals surface area contributed by atoms with E-state index in [0.717, 1.165) is 22.5 Å². The van der Waals surface area contributed by atoms with E-state index in [0.29, 0.717) is 16.7 Å². The van der Waals surface area contributed by atoms with Crippen LogP contribution in [0.3, 0.4) is 0 Å². The van der Waals surface area contributed by atoms with Crippen molar-refractivity contribution in [3.63, 3.8) is 0 Å². The van der Waals surface area contributed by atoms with E-state index >= 15 is 0 Å². The Morgan fingerprint density at radius 1 is 0.944 bits per heavy atom. The molecule has 2 aromatic carbocycles. The summed E-state index contributed by atoms with van der Waals surface area (Å²) in [5.41, 5.74) is 0. The number of hydrogen-bond acceptors (Lipinski definition) is 4. The molecular weight excluding hydrogens is 291 g/mol. The summed E-state index contributed by atoms with van der Waals surface area (Å²) in [6.07, 6.45) is 0. The molecule has 0 aliphatic carbocycles. The van der Waals surface area contributed by atoms with Gasteiger partial charge in [-0.05, 0) is 12.1 Å². The molecule has 0 N–H and O–H groups in total. The lowest BCUT2D eigenvalue weighted by Crippen LogP contribution is -1.87. The Morgan fingerprint density at radius 2 is 1.72 bits per heavy atom. The van der Waals surface area contributed by atoms with Crippen LogP contribution in [0.1, 0.15) is 0 Å². The third-order valence-electron chi connectivity index (χ3n) is 2.46. The maximum absolute atomic E-state index is 6.13. The van der Waals surface area contributed by atoms with Gasteiger partial charge in [-0.3, -0.25) is 0 Å². The molecule has 3 rings (SSSR count). The molecule has 90 valence electrons. The van der Waals surface area contributed by atoms with E-state index in [2.05, 4.69) is 8.75 Å². The SMILES string of the molecule is Clc1nsnc1Oc1ccc(Cl)c2ccccc12. The van der Waals surface area contributed by atoms with Crippen LogP contribution in [0, 0.1) is 0 Å². The Balaban J connectivity index is 2.13. The van der Waals surface area contributed by atoms with Crippen LogP contribution in [-0.2, 0) is 0 Å². The van der Waals surface area contributed by atoms with Gasteiger partial charge in [-0.25, -0.2) is 0 Å². The molecule has 0 spiro atoms. The van der Waals surface area contributed by atoms with Crippen molar-refractivity contribution < 1.29 is 4.74 Å². The second kappa shape index (κ2) is 4.72.